The average molecular weight is 717 g/mol. The fourth-order valence-corrected chi connectivity index (χ4v) is 7.04. The molecule has 1 saturated heterocycles. The number of imidazole rings is 1. The number of likely N-dealkylation sites (N-methyl/N-ethyl adjacent to an activating group) is 1. The van der Waals surface area contributed by atoms with Crippen molar-refractivity contribution >= 4 is 22.7 Å². The highest BCUT2D eigenvalue weighted by atomic mass is 16.5. The molecule has 12 heteroatoms. The number of carbonyl (C=O) groups excluding carboxylic acids is 2. The van der Waals surface area contributed by atoms with Gasteiger partial charge < -0.3 is 42.8 Å². The van der Waals surface area contributed by atoms with Gasteiger partial charge in [-0.25, -0.2) is 4.98 Å². The number of likely N-dealkylation sites (tertiary alicyclic amines) is 1. The summed E-state index contributed by atoms with van der Waals surface area (Å²) in [4.78, 5) is 36.6. The van der Waals surface area contributed by atoms with Gasteiger partial charge in [0.1, 0.15) is 0 Å². The van der Waals surface area contributed by atoms with E-state index < -0.39 is 0 Å². The summed E-state index contributed by atoms with van der Waals surface area (Å²) >= 11 is 0. The smallest absolute Gasteiger partial charge is 0.253 e. The summed E-state index contributed by atoms with van der Waals surface area (Å²) < 4.78 is 35.2. The van der Waals surface area contributed by atoms with Gasteiger partial charge in [0, 0.05) is 44.1 Å². The molecule has 1 amide bonds. The highest BCUT2D eigenvalue weighted by Gasteiger charge is 2.30. The van der Waals surface area contributed by atoms with Crippen molar-refractivity contribution in [3.8, 4) is 28.7 Å². The summed E-state index contributed by atoms with van der Waals surface area (Å²) in [6, 6.07) is 17.2. The Morgan fingerprint density at radius 1 is 0.846 bits per heavy atom. The van der Waals surface area contributed by atoms with Crippen molar-refractivity contribution in [1.82, 2.24) is 19.4 Å². The first-order chi connectivity index (χ1) is 25.3. The van der Waals surface area contributed by atoms with E-state index in [4.69, 9.17) is 33.4 Å². The topological polar surface area (TPSA) is 114 Å². The SMILES string of the molecule is CCOCCn1c(C(=O)C2CCN(CCC(CN(C)C(=O)c3cc(OC)c(OC)c(OC)c3)c3ccc(OC)c(OC)c3)CC2)nc2ccccc21. The number of hydrogen-bond acceptors (Lipinski definition) is 10. The molecule has 12 nitrogen and oxygen atoms in total. The predicted octanol–water partition coefficient (Wildman–Crippen LogP) is 5.96. The van der Waals surface area contributed by atoms with Gasteiger partial charge in [0.15, 0.2) is 28.8 Å². The van der Waals surface area contributed by atoms with Crippen molar-refractivity contribution in [3.63, 3.8) is 0 Å². The number of amides is 1. The van der Waals surface area contributed by atoms with Crippen LogP contribution in [0.4, 0.5) is 0 Å². The van der Waals surface area contributed by atoms with E-state index in [1.807, 2.05) is 54.0 Å². The van der Waals surface area contributed by atoms with Gasteiger partial charge in [-0.05, 0) is 87.8 Å². The molecule has 5 rings (SSSR count). The monoisotopic (exact) mass is 716 g/mol. The predicted molar refractivity (Wildman–Crippen MR) is 200 cm³/mol. The lowest BCUT2D eigenvalue weighted by Gasteiger charge is -2.33. The fourth-order valence-electron chi connectivity index (χ4n) is 7.04. The zero-order chi connectivity index (χ0) is 37.2. The molecule has 0 aliphatic carbocycles. The number of ether oxygens (including phenoxy) is 6. The third kappa shape index (κ3) is 8.62. The molecule has 0 radical (unpaired) electrons. The minimum Gasteiger partial charge on any atom is -0.493 e. The lowest BCUT2D eigenvalue weighted by atomic mass is 9.90. The molecule has 1 aliphatic heterocycles. The quantitative estimate of drug-likeness (QED) is 0.0904. The zero-order valence-corrected chi connectivity index (χ0v) is 31.5. The maximum atomic E-state index is 13.9. The molecule has 280 valence electrons. The molecule has 52 heavy (non-hydrogen) atoms. The number of carbonyl (C=O) groups is 2. The molecule has 1 atom stereocenters. The van der Waals surface area contributed by atoms with E-state index in [2.05, 4.69) is 4.90 Å². The highest BCUT2D eigenvalue weighted by molar-refractivity contribution is 5.98. The van der Waals surface area contributed by atoms with Crippen molar-refractivity contribution in [3.05, 3.63) is 71.5 Å². The highest BCUT2D eigenvalue weighted by Crippen LogP contribution is 2.39. The number of fused-ring (bicyclic) bond motifs is 1. The number of methoxy groups -OCH3 is 5. The van der Waals surface area contributed by atoms with Gasteiger partial charge in [0.2, 0.25) is 11.5 Å². The number of benzene rings is 3. The minimum atomic E-state index is -0.170. The molecule has 0 N–H and O–H groups in total. The van der Waals surface area contributed by atoms with Gasteiger partial charge >= 0.3 is 0 Å². The van der Waals surface area contributed by atoms with E-state index in [0.29, 0.717) is 66.4 Å². The largest absolute Gasteiger partial charge is 0.493 e. The molecule has 3 aromatic carbocycles. The van der Waals surface area contributed by atoms with Crippen LogP contribution in [0.5, 0.6) is 28.7 Å². The molecular formula is C40H52N4O8. The zero-order valence-electron chi connectivity index (χ0n) is 31.5. The Morgan fingerprint density at radius 3 is 2.15 bits per heavy atom. The fraction of sp³-hybridized carbons (Fsp3) is 0.475. The van der Waals surface area contributed by atoms with Gasteiger partial charge in [-0.15, -0.1) is 0 Å². The second kappa shape index (κ2) is 18.1. The van der Waals surface area contributed by atoms with Crippen molar-refractivity contribution in [2.45, 2.75) is 38.6 Å². The Morgan fingerprint density at radius 2 is 1.52 bits per heavy atom. The molecular weight excluding hydrogens is 664 g/mol. The number of nitrogens with zero attached hydrogens (tertiary/aromatic N) is 4. The number of para-hydroxylation sites is 2. The maximum Gasteiger partial charge on any atom is 0.253 e. The lowest BCUT2D eigenvalue weighted by Crippen LogP contribution is -2.39. The maximum absolute atomic E-state index is 13.9. The summed E-state index contributed by atoms with van der Waals surface area (Å²) in [6.45, 7) is 6.57. The molecule has 4 aromatic rings. The molecule has 1 fully saturated rings. The van der Waals surface area contributed by atoms with E-state index in [-0.39, 0.29) is 23.5 Å². The molecule has 0 bridgehead atoms. The second-order valence-electron chi connectivity index (χ2n) is 13.0. The number of rotatable bonds is 18. The Bertz CT molecular complexity index is 1790. The van der Waals surface area contributed by atoms with Crippen LogP contribution in [0.25, 0.3) is 11.0 Å². The van der Waals surface area contributed by atoms with E-state index in [1.54, 1.807) is 38.3 Å². The number of ketones is 1. The molecule has 0 saturated carbocycles. The van der Waals surface area contributed by atoms with Crippen LogP contribution in [0.15, 0.2) is 54.6 Å². The second-order valence-corrected chi connectivity index (χ2v) is 13.0. The van der Waals surface area contributed by atoms with Crippen LogP contribution in [0, 0.1) is 5.92 Å². The summed E-state index contributed by atoms with van der Waals surface area (Å²) in [7, 11) is 9.63. The third-order valence-electron chi connectivity index (χ3n) is 9.92. The molecule has 2 heterocycles. The Balaban J connectivity index is 1.29. The summed E-state index contributed by atoms with van der Waals surface area (Å²) in [5.74, 6) is 2.88. The van der Waals surface area contributed by atoms with E-state index >= 15 is 0 Å². The van der Waals surface area contributed by atoms with Crippen LogP contribution in [0.3, 0.4) is 0 Å². The number of piperidine rings is 1. The van der Waals surface area contributed by atoms with Crippen molar-refractivity contribution < 1.29 is 38.0 Å². The van der Waals surface area contributed by atoms with Crippen LogP contribution in [0.2, 0.25) is 0 Å². The lowest BCUT2D eigenvalue weighted by molar-refractivity contribution is 0.0778. The van der Waals surface area contributed by atoms with Gasteiger partial charge in [0.25, 0.3) is 5.91 Å². The van der Waals surface area contributed by atoms with Crippen molar-refractivity contribution in [2.75, 3.05) is 82.0 Å². The van der Waals surface area contributed by atoms with E-state index in [9.17, 15) is 9.59 Å². The van der Waals surface area contributed by atoms with Crippen LogP contribution < -0.4 is 23.7 Å². The molecule has 1 aromatic heterocycles. The molecule has 1 aliphatic rings. The first kappa shape index (κ1) is 38.4. The van der Waals surface area contributed by atoms with E-state index in [1.165, 1.54) is 21.3 Å². The van der Waals surface area contributed by atoms with Gasteiger partial charge in [0.05, 0.1) is 53.2 Å². The van der Waals surface area contributed by atoms with Gasteiger partial charge in [-0.1, -0.05) is 18.2 Å². The minimum absolute atomic E-state index is 0.0135. The van der Waals surface area contributed by atoms with Crippen LogP contribution in [0.1, 0.15) is 58.6 Å². The molecule has 1 unspecified atom stereocenters. The first-order valence-corrected chi connectivity index (χ1v) is 17.8. The number of aromatic nitrogens is 2. The van der Waals surface area contributed by atoms with Crippen LogP contribution in [-0.2, 0) is 11.3 Å². The summed E-state index contributed by atoms with van der Waals surface area (Å²) in [5.41, 5.74) is 3.26. The van der Waals surface area contributed by atoms with Gasteiger partial charge in [-0.2, -0.15) is 0 Å². The average Bonchev–Trinajstić information content (AvgIpc) is 3.56. The van der Waals surface area contributed by atoms with Gasteiger partial charge in [-0.3, -0.25) is 9.59 Å². The van der Waals surface area contributed by atoms with E-state index in [0.717, 1.165) is 55.5 Å². The van der Waals surface area contributed by atoms with Crippen molar-refractivity contribution in [1.29, 1.82) is 0 Å². The third-order valence-corrected chi connectivity index (χ3v) is 9.92. The van der Waals surface area contributed by atoms with Crippen molar-refractivity contribution in [2.24, 2.45) is 5.92 Å². The summed E-state index contributed by atoms with van der Waals surface area (Å²) in [5, 5.41) is 0. The number of Topliss-reactive ketones (excluding diaryl/α,β-unsaturated/α-hetero) is 1. The standard InChI is InChI=1S/C40H52N4O8/c1-8-52-22-21-44-32-12-10-9-11-31(32)41-39(44)37(45)27-15-18-43(19-16-27)20-17-29(28-13-14-33(47-3)34(23-28)48-4)26-42(2)40(46)30-24-35(49-5)38(51-7)36(25-30)50-6/h9-14,23-25,27,29H,8,15-22,26H2,1-7H3. The normalized spacial score (nSPS) is 14.2. The van der Waals surface area contributed by atoms with Crippen LogP contribution >= 0.6 is 0 Å². The first-order valence-electron chi connectivity index (χ1n) is 17.8. The Labute approximate surface area is 306 Å². The van der Waals surface area contributed by atoms with Crippen LogP contribution in [-0.4, -0.2) is 113 Å². The Hall–Kier alpha value is -4.81. The molecule has 0 spiro atoms. The number of hydrogen-bond donors (Lipinski definition) is 0. The summed E-state index contributed by atoms with van der Waals surface area (Å²) in [6.07, 6.45) is 2.30. The Kier molecular flexibility index (Phi) is 13.4.